The molecule has 2 heterocycles. The smallest absolute Gasteiger partial charge is 0.180 e. The summed E-state index contributed by atoms with van der Waals surface area (Å²) in [5.74, 6) is 0.766. The van der Waals surface area contributed by atoms with E-state index in [-0.39, 0.29) is 5.82 Å². The highest BCUT2D eigenvalue weighted by atomic mass is 19.1. The second kappa shape index (κ2) is 7.29. The van der Waals surface area contributed by atoms with Crippen LogP contribution in [0.25, 0.3) is 22.8 Å². The number of nitrogens with zero attached hydrogens (tertiary/aromatic N) is 4. The van der Waals surface area contributed by atoms with Crippen LogP contribution in [0.1, 0.15) is 6.42 Å². The first-order valence-corrected chi connectivity index (χ1v) is 7.43. The topological polar surface area (TPSA) is 74.5 Å². The van der Waals surface area contributed by atoms with E-state index in [0.29, 0.717) is 36.0 Å². The first-order valence-electron chi connectivity index (χ1n) is 7.43. The summed E-state index contributed by atoms with van der Waals surface area (Å²) in [5, 5.41) is 11.8. The predicted octanol–water partition coefficient (Wildman–Crippen LogP) is 3.67. The summed E-state index contributed by atoms with van der Waals surface area (Å²) in [6, 6.07) is 15.5. The molecule has 0 radical (unpaired) electrons. The van der Waals surface area contributed by atoms with Crippen LogP contribution < -0.4 is 5.32 Å². The van der Waals surface area contributed by atoms with Gasteiger partial charge in [0.1, 0.15) is 17.3 Å². The van der Waals surface area contributed by atoms with Crippen molar-refractivity contribution < 1.29 is 4.39 Å². The minimum atomic E-state index is -0.301. The van der Waals surface area contributed by atoms with Crippen LogP contribution in [-0.2, 0) is 0 Å². The average molecular weight is 319 g/mol. The van der Waals surface area contributed by atoms with Gasteiger partial charge < -0.3 is 5.32 Å². The molecule has 6 heteroatoms. The van der Waals surface area contributed by atoms with Crippen molar-refractivity contribution in [2.75, 3.05) is 11.9 Å². The number of rotatable bonds is 5. The van der Waals surface area contributed by atoms with Crippen LogP contribution in [0, 0.1) is 17.1 Å². The molecule has 0 saturated carbocycles. The summed E-state index contributed by atoms with van der Waals surface area (Å²) < 4.78 is 13.1. The lowest BCUT2D eigenvalue weighted by Crippen LogP contribution is -2.05. The van der Waals surface area contributed by atoms with Gasteiger partial charge in [-0.25, -0.2) is 14.4 Å². The molecule has 118 valence electrons. The molecular weight excluding hydrogens is 305 g/mol. The van der Waals surface area contributed by atoms with E-state index in [0.717, 1.165) is 5.56 Å². The maximum atomic E-state index is 13.1. The van der Waals surface area contributed by atoms with E-state index in [1.807, 2.05) is 18.2 Å². The lowest BCUT2D eigenvalue weighted by molar-refractivity contribution is 0.628. The molecule has 24 heavy (non-hydrogen) atoms. The Kier molecular flexibility index (Phi) is 4.73. The Bertz CT molecular complexity index is 857. The number of benzene rings is 1. The molecule has 1 aromatic carbocycles. The van der Waals surface area contributed by atoms with Crippen LogP contribution in [0.15, 0.2) is 54.7 Å². The molecule has 0 aliphatic heterocycles. The van der Waals surface area contributed by atoms with Crippen LogP contribution in [-0.4, -0.2) is 21.5 Å². The van der Waals surface area contributed by atoms with Crippen molar-refractivity contribution in [2.24, 2.45) is 0 Å². The molecule has 3 aromatic rings. The Balaban J connectivity index is 2.02. The van der Waals surface area contributed by atoms with Crippen molar-refractivity contribution in [3.8, 4) is 28.8 Å². The van der Waals surface area contributed by atoms with Gasteiger partial charge >= 0.3 is 0 Å². The van der Waals surface area contributed by atoms with Gasteiger partial charge in [0.2, 0.25) is 0 Å². The van der Waals surface area contributed by atoms with Gasteiger partial charge in [-0.3, -0.25) is 4.98 Å². The van der Waals surface area contributed by atoms with Crippen molar-refractivity contribution in [1.82, 2.24) is 15.0 Å². The Morgan fingerprint density at radius 2 is 1.88 bits per heavy atom. The summed E-state index contributed by atoms with van der Waals surface area (Å²) >= 11 is 0. The van der Waals surface area contributed by atoms with E-state index in [1.165, 1.54) is 12.1 Å². The molecule has 0 saturated heterocycles. The standard InChI is InChI=1S/C18H14FN5/c19-14-7-5-13(6-8-14)16-12-17(22-11-3-9-20)24-18(23-16)15-4-1-2-10-21-15/h1-2,4-8,10,12H,3,11H2,(H,22,23,24). The van der Waals surface area contributed by atoms with Gasteiger partial charge in [-0.2, -0.15) is 5.26 Å². The van der Waals surface area contributed by atoms with Gasteiger partial charge in [-0.15, -0.1) is 0 Å². The zero-order valence-electron chi connectivity index (χ0n) is 12.8. The van der Waals surface area contributed by atoms with E-state index in [1.54, 1.807) is 24.4 Å². The number of hydrogen-bond acceptors (Lipinski definition) is 5. The number of aromatic nitrogens is 3. The van der Waals surface area contributed by atoms with Crippen LogP contribution in [0.3, 0.4) is 0 Å². The second-order valence-corrected chi connectivity index (χ2v) is 5.02. The van der Waals surface area contributed by atoms with E-state index < -0.39 is 0 Å². The van der Waals surface area contributed by atoms with Gasteiger partial charge in [0, 0.05) is 24.4 Å². The third-order valence-electron chi connectivity index (χ3n) is 3.30. The lowest BCUT2D eigenvalue weighted by atomic mass is 10.1. The predicted molar refractivity (Wildman–Crippen MR) is 89.4 cm³/mol. The average Bonchev–Trinajstić information content (AvgIpc) is 2.63. The van der Waals surface area contributed by atoms with E-state index >= 15 is 0 Å². The first-order chi connectivity index (χ1) is 11.8. The number of halogens is 1. The zero-order chi connectivity index (χ0) is 16.8. The van der Waals surface area contributed by atoms with Crippen molar-refractivity contribution >= 4 is 5.82 Å². The van der Waals surface area contributed by atoms with Crippen LogP contribution >= 0.6 is 0 Å². The summed E-state index contributed by atoms with van der Waals surface area (Å²) in [6.45, 7) is 0.484. The van der Waals surface area contributed by atoms with Crippen LogP contribution in [0.5, 0.6) is 0 Å². The molecule has 0 fully saturated rings. The van der Waals surface area contributed by atoms with Crippen LogP contribution in [0.2, 0.25) is 0 Å². The van der Waals surface area contributed by atoms with Crippen molar-refractivity contribution in [3.05, 3.63) is 60.5 Å². The number of hydrogen-bond donors (Lipinski definition) is 1. The van der Waals surface area contributed by atoms with Crippen molar-refractivity contribution in [2.45, 2.75) is 6.42 Å². The summed E-state index contributed by atoms with van der Waals surface area (Å²) in [5.41, 5.74) is 2.08. The van der Waals surface area contributed by atoms with Gasteiger partial charge in [0.05, 0.1) is 18.2 Å². The minimum absolute atomic E-state index is 0.301. The summed E-state index contributed by atoms with van der Waals surface area (Å²) in [6.07, 6.45) is 2.04. The molecule has 0 bridgehead atoms. The van der Waals surface area contributed by atoms with Crippen molar-refractivity contribution in [1.29, 1.82) is 5.26 Å². The van der Waals surface area contributed by atoms with Gasteiger partial charge in [-0.05, 0) is 36.4 Å². The molecule has 0 atom stereocenters. The number of nitrogens with one attached hydrogen (secondary N) is 1. The normalized spacial score (nSPS) is 10.2. The molecule has 5 nitrogen and oxygen atoms in total. The van der Waals surface area contributed by atoms with Crippen molar-refractivity contribution in [3.63, 3.8) is 0 Å². The van der Waals surface area contributed by atoms with Gasteiger partial charge in [-0.1, -0.05) is 6.07 Å². The van der Waals surface area contributed by atoms with E-state index in [4.69, 9.17) is 5.26 Å². The molecule has 1 N–H and O–H groups in total. The fourth-order valence-electron chi connectivity index (χ4n) is 2.16. The second-order valence-electron chi connectivity index (χ2n) is 5.02. The SMILES string of the molecule is N#CCCNc1cc(-c2ccc(F)cc2)nc(-c2ccccn2)n1. The minimum Gasteiger partial charge on any atom is -0.369 e. The Labute approximate surface area is 138 Å². The molecule has 3 rings (SSSR count). The quantitative estimate of drug-likeness (QED) is 0.726. The van der Waals surface area contributed by atoms with E-state index in [2.05, 4.69) is 26.3 Å². The third-order valence-corrected chi connectivity index (χ3v) is 3.30. The number of anilines is 1. The maximum Gasteiger partial charge on any atom is 0.180 e. The fraction of sp³-hybridized carbons (Fsp3) is 0.111. The molecule has 2 aromatic heterocycles. The summed E-state index contributed by atoms with van der Waals surface area (Å²) in [4.78, 5) is 13.3. The molecule has 0 aliphatic carbocycles. The Morgan fingerprint density at radius 3 is 2.58 bits per heavy atom. The molecule has 0 amide bonds. The number of pyridine rings is 1. The molecule has 0 unspecified atom stereocenters. The first kappa shape index (κ1) is 15.6. The number of nitriles is 1. The fourth-order valence-corrected chi connectivity index (χ4v) is 2.16. The highest BCUT2D eigenvalue weighted by Crippen LogP contribution is 2.23. The highest BCUT2D eigenvalue weighted by molar-refractivity contribution is 5.66. The van der Waals surface area contributed by atoms with Crippen LogP contribution in [0.4, 0.5) is 10.2 Å². The third kappa shape index (κ3) is 3.70. The molecule has 0 aliphatic rings. The molecule has 0 spiro atoms. The maximum absolute atomic E-state index is 13.1. The Morgan fingerprint density at radius 1 is 1.04 bits per heavy atom. The lowest BCUT2D eigenvalue weighted by Gasteiger charge is -2.09. The largest absolute Gasteiger partial charge is 0.369 e. The monoisotopic (exact) mass is 319 g/mol. The molecular formula is C18H14FN5. The Hall–Kier alpha value is -3.33. The van der Waals surface area contributed by atoms with Gasteiger partial charge in [0.15, 0.2) is 5.82 Å². The summed E-state index contributed by atoms with van der Waals surface area (Å²) in [7, 11) is 0. The van der Waals surface area contributed by atoms with E-state index in [9.17, 15) is 4.39 Å². The highest BCUT2D eigenvalue weighted by Gasteiger charge is 2.09. The zero-order valence-corrected chi connectivity index (χ0v) is 12.8. The van der Waals surface area contributed by atoms with Gasteiger partial charge in [0.25, 0.3) is 0 Å².